The van der Waals surface area contributed by atoms with Crippen molar-refractivity contribution in [3.63, 3.8) is 0 Å². The van der Waals surface area contributed by atoms with Crippen molar-refractivity contribution in [2.45, 2.75) is 39.2 Å². The van der Waals surface area contributed by atoms with Crippen molar-refractivity contribution in [1.82, 2.24) is 10.6 Å². The third kappa shape index (κ3) is 4.70. The highest BCUT2D eigenvalue weighted by molar-refractivity contribution is 5.86. The third-order valence-corrected chi connectivity index (χ3v) is 3.84. The fraction of sp³-hybridized carbons (Fsp3) is 0.846. The first-order valence-electron chi connectivity index (χ1n) is 6.90. The average molecular weight is 271 g/mol. The quantitative estimate of drug-likeness (QED) is 0.555. The van der Waals surface area contributed by atoms with Gasteiger partial charge in [-0.3, -0.25) is 4.79 Å². The molecule has 3 atom stereocenters. The van der Waals surface area contributed by atoms with Gasteiger partial charge in [0.05, 0.1) is 0 Å². The number of carbonyl (C=O) groups is 2. The van der Waals surface area contributed by atoms with Crippen LogP contribution in [0, 0.1) is 17.8 Å². The van der Waals surface area contributed by atoms with Gasteiger partial charge in [-0.05, 0) is 30.6 Å². The van der Waals surface area contributed by atoms with Crippen molar-refractivity contribution in [2.24, 2.45) is 23.5 Å². The Morgan fingerprint density at radius 1 is 1.32 bits per heavy atom. The highest BCUT2D eigenvalue weighted by Gasteiger charge is 2.29. The van der Waals surface area contributed by atoms with Crippen molar-refractivity contribution in [3.8, 4) is 0 Å². The molecule has 0 radical (unpaired) electrons. The lowest BCUT2D eigenvalue weighted by Crippen LogP contribution is -2.52. The van der Waals surface area contributed by atoms with Crippen molar-refractivity contribution in [3.05, 3.63) is 0 Å². The summed E-state index contributed by atoms with van der Waals surface area (Å²) in [6, 6.07) is -1.30. The molecule has 0 aromatic carbocycles. The van der Waals surface area contributed by atoms with Crippen LogP contribution < -0.4 is 16.4 Å². The maximum atomic E-state index is 12.0. The van der Waals surface area contributed by atoms with E-state index in [-0.39, 0.29) is 24.3 Å². The van der Waals surface area contributed by atoms with Crippen LogP contribution in [0.5, 0.6) is 0 Å². The topological polar surface area (TPSA) is 104 Å². The molecule has 0 aromatic heterocycles. The summed E-state index contributed by atoms with van der Waals surface area (Å²) in [5.41, 5.74) is 5.07. The van der Waals surface area contributed by atoms with Crippen molar-refractivity contribution in [1.29, 1.82) is 0 Å². The molecule has 6 nitrogen and oxygen atoms in total. The first-order chi connectivity index (χ1) is 8.95. The first-order valence-corrected chi connectivity index (χ1v) is 6.90. The molecule has 1 fully saturated rings. The van der Waals surface area contributed by atoms with Crippen LogP contribution in [0.25, 0.3) is 0 Å². The molecule has 0 aliphatic heterocycles. The molecule has 1 aliphatic rings. The Bertz CT molecular complexity index is 320. The highest BCUT2D eigenvalue weighted by Crippen LogP contribution is 2.30. The van der Waals surface area contributed by atoms with Gasteiger partial charge in [-0.15, -0.1) is 0 Å². The van der Waals surface area contributed by atoms with Gasteiger partial charge < -0.3 is 21.5 Å². The van der Waals surface area contributed by atoms with Gasteiger partial charge in [0.2, 0.25) is 5.91 Å². The predicted molar refractivity (Wildman–Crippen MR) is 72.3 cm³/mol. The van der Waals surface area contributed by atoms with E-state index < -0.39 is 12.1 Å². The molecule has 3 unspecified atom stereocenters. The summed E-state index contributed by atoms with van der Waals surface area (Å²) in [5, 5.41) is 14.5. The summed E-state index contributed by atoms with van der Waals surface area (Å²) in [6.45, 7) is 4.43. The molecule has 0 heterocycles. The molecule has 1 saturated carbocycles. The van der Waals surface area contributed by atoms with Gasteiger partial charge in [0.15, 0.2) is 0 Å². The van der Waals surface area contributed by atoms with Crippen molar-refractivity contribution in [2.75, 3.05) is 13.2 Å². The second-order valence-corrected chi connectivity index (χ2v) is 5.61. The minimum atomic E-state index is -0.692. The largest absolute Gasteiger partial charge is 0.396 e. The van der Waals surface area contributed by atoms with Gasteiger partial charge in [0.25, 0.3) is 0 Å². The minimum absolute atomic E-state index is 0.0234. The van der Waals surface area contributed by atoms with E-state index in [4.69, 9.17) is 5.73 Å². The summed E-state index contributed by atoms with van der Waals surface area (Å²) in [4.78, 5) is 22.9. The molecule has 0 saturated heterocycles. The number of aliphatic hydroxyl groups is 1. The molecule has 5 N–H and O–H groups in total. The molecule has 19 heavy (non-hydrogen) atoms. The monoisotopic (exact) mass is 271 g/mol. The van der Waals surface area contributed by atoms with Crippen LogP contribution in [-0.2, 0) is 4.79 Å². The molecule has 1 rings (SSSR count). The Morgan fingerprint density at radius 3 is 2.47 bits per heavy atom. The number of hydrogen-bond donors (Lipinski definition) is 4. The maximum absolute atomic E-state index is 12.0. The van der Waals surface area contributed by atoms with E-state index in [0.717, 1.165) is 19.3 Å². The lowest BCUT2D eigenvalue weighted by atomic mass is 9.96. The Morgan fingerprint density at radius 2 is 1.95 bits per heavy atom. The third-order valence-electron chi connectivity index (χ3n) is 3.84. The molecular weight excluding hydrogens is 246 g/mol. The number of urea groups is 1. The van der Waals surface area contributed by atoms with E-state index in [0.29, 0.717) is 12.5 Å². The van der Waals surface area contributed by atoms with Gasteiger partial charge in [-0.25, -0.2) is 4.79 Å². The SMILES string of the molecule is CC(C)C(NC(N)=O)C(=O)NCC1CCCC1CO. The van der Waals surface area contributed by atoms with E-state index in [9.17, 15) is 14.7 Å². The summed E-state index contributed by atoms with van der Waals surface area (Å²) >= 11 is 0. The van der Waals surface area contributed by atoms with E-state index in [2.05, 4.69) is 10.6 Å². The van der Waals surface area contributed by atoms with Crippen molar-refractivity contribution < 1.29 is 14.7 Å². The molecule has 0 aromatic rings. The molecule has 0 bridgehead atoms. The zero-order valence-electron chi connectivity index (χ0n) is 11.7. The Labute approximate surface area is 114 Å². The smallest absolute Gasteiger partial charge is 0.312 e. The highest BCUT2D eigenvalue weighted by atomic mass is 16.3. The normalized spacial score (nSPS) is 24.2. The fourth-order valence-electron chi connectivity index (χ4n) is 2.65. The summed E-state index contributed by atoms with van der Waals surface area (Å²) < 4.78 is 0. The molecular formula is C13H25N3O3. The zero-order chi connectivity index (χ0) is 14.4. The number of hydrogen-bond acceptors (Lipinski definition) is 3. The average Bonchev–Trinajstić information content (AvgIpc) is 2.79. The van der Waals surface area contributed by atoms with Crippen LogP contribution in [0.4, 0.5) is 4.79 Å². The summed E-state index contributed by atoms with van der Waals surface area (Å²) in [7, 11) is 0. The lowest BCUT2D eigenvalue weighted by molar-refractivity contribution is -0.124. The van der Waals surface area contributed by atoms with Gasteiger partial charge in [0.1, 0.15) is 6.04 Å². The fourth-order valence-corrected chi connectivity index (χ4v) is 2.65. The minimum Gasteiger partial charge on any atom is -0.396 e. The van der Waals surface area contributed by atoms with E-state index in [1.165, 1.54) is 0 Å². The maximum Gasteiger partial charge on any atom is 0.312 e. The molecule has 6 heteroatoms. The Balaban J connectivity index is 2.45. The van der Waals surface area contributed by atoms with Crippen LogP contribution >= 0.6 is 0 Å². The predicted octanol–water partition coefficient (Wildman–Crippen LogP) is 0.204. The standard InChI is InChI=1S/C13H25N3O3/c1-8(2)11(16-13(14)19)12(18)15-6-9-4-3-5-10(9)7-17/h8-11,17H,3-7H2,1-2H3,(H,15,18)(H3,14,16,19). The number of primary amides is 1. The number of aliphatic hydroxyl groups excluding tert-OH is 1. The summed E-state index contributed by atoms with van der Waals surface area (Å²) in [5.74, 6) is 0.374. The molecule has 1 aliphatic carbocycles. The number of carbonyl (C=O) groups excluding carboxylic acids is 2. The lowest BCUT2D eigenvalue weighted by Gasteiger charge is -2.23. The van der Waals surface area contributed by atoms with Gasteiger partial charge in [-0.2, -0.15) is 0 Å². The van der Waals surface area contributed by atoms with Gasteiger partial charge >= 0.3 is 6.03 Å². The zero-order valence-corrected chi connectivity index (χ0v) is 11.7. The molecule has 3 amide bonds. The Kier molecular flexibility index (Phi) is 6.08. The second-order valence-electron chi connectivity index (χ2n) is 5.61. The van der Waals surface area contributed by atoms with Crippen LogP contribution in [0.3, 0.4) is 0 Å². The summed E-state index contributed by atoms with van der Waals surface area (Å²) in [6.07, 6.45) is 3.14. The number of amides is 3. The molecule has 0 spiro atoms. The van der Waals surface area contributed by atoms with Crippen LogP contribution in [0.2, 0.25) is 0 Å². The van der Waals surface area contributed by atoms with E-state index in [1.807, 2.05) is 13.8 Å². The first kappa shape index (κ1) is 15.8. The van der Waals surface area contributed by atoms with Crippen molar-refractivity contribution >= 4 is 11.9 Å². The number of nitrogens with one attached hydrogen (secondary N) is 2. The molecule has 110 valence electrons. The number of rotatable bonds is 6. The van der Waals surface area contributed by atoms with Gasteiger partial charge in [0, 0.05) is 13.2 Å². The van der Waals surface area contributed by atoms with E-state index >= 15 is 0 Å². The van der Waals surface area contributed by atoms with Gasteiger partial charge in [-0.1, -0.05) is 20.3 Å². The second kappa shape index (κ2) is 7.33. The number of nitrogens with two attached hydrogens (primary N) is 1. The van der Waals surface area contributed by atoms with Crippen LogP contribution in [0.1, 0.15) is 33.1 Å². The van der Waals surface area contributed by atoms with E-state index in [1.54, 1.807) is 0 Å². The Hall–Kier alpha value is -1.30. The van der Waals surface area contributed by atoms with Crippen LogP contribution in [-0.4, -0.2) is 36.2 Å². The van der Waals surface area contributed by atoms with Crippen LogP contribution in [0.15, 0.2) is 0 Å².